The lowest BCUT2D eigenvalue weighted by Crippen LogP contribution is -2.60. The third-order valence-electron chi connectivity index (χ3n) is 4.51. The molecule has 1 aromatic carbocycles. The maximum absolute atomic E-state index is 13.1. The first kappa shape index (κ1) is 18.6. The van der Waals surface area contributed by atoms with Crippen molar-refractivity contribution in [1.29, 1.82) is 0 Å². The van der Waals surface area contributed by atoms with Gasteiger partial charge in [-0.05, 0) is 37.3 Å². The number of halogens is 1. The fourth-order valence-electron chi connectivity index (χ4n) is 3.09. The van der Waals surface area contributed by atoms with Crippen LogP contribution in [0.5, 0.6) is 0 Å². The highest BCUT2D eigenvalue weighted by atomic mass is 19.1. The van der Waals surface area contributed by atoms with Crippen molar-refractivity contribution in [2.45, 2.75) is 19.5 Å². The van der Waals surface area contributed by atoms with Gasteiger partial charge >= 0.3 is 0 Å². The summed E-state index contributed by atoms with van der Waals surface area (Å²) in [6.07, 6.45) is 0. The Labute approximate surface area is 155 Å². The molecule has 1 aliphatic rings. The van der Waals surface area contributed by atoms with Gasteiger partial charge in [0, 0.05) is 31.4 Å². The predicted octanol–water partition coefficient (Wildman–Crippen LogP) is -0.106. The van der Waals surface area contributed by atoms with Gasteiger partial charge in [0.05, 0.1) is 5.69 Å². The van der Waals surface area contributed by atoms with Crippen molar-refractivity contribution < 1.29 is 14.0 Å². The van der Waals surface area contributed by atoms with Gasteiger partial charge in [-0.25, -0.2) is 9.07 Å². The smallest absolute Gasteiger partial charge is 0.267 e. The Morgan fingerprint density at radius 1 is 1.19 bits per heavy atom. The predicted molar refractivity (Wildman–Crippen MR) is 96.5 cm³/mol. The number of piperazine rings is 1. The van der Waals surface area contributed by atoms with Crippen LogP contribution in [0.4, 0.5) is 10.1 Å². The molecule has 1 saturated heterocycles. The van der Waals surface area contributed by atoms with E-state index in [2.05, 4.69) is 5.10 Å². The minimum atomic E-state index is -0.850. The topological polar surface area (TPSA) is 102 Å². The molecule has 2 heterocycles. The van der Waals surface area contributed by atoms with Gasteiger partial charge in [-0.15, -0.1) is 0 Å². The van der Waals surface area contributed by atoms with Crippen molar-refractivity contribution in [3.63, 3.8) is 0 Å². The van der Waals surface area contributed by atoms with Crippen LogP contribution in [-0.2, 0) is 16.1 Å². The number of aromatic nitrogens is 2. The molecule has 0 spiro atoms. The Morgan fingerprint density at radius 2 is 1.89 bits per heavy atom. The maximum atomic E-state index is 13.1. The van der Waals surface area contributed by atoms with Gasteiger partial charge in [0.15, 0.2) is 0 Å². The largest absolute Gasteiger partial charge is 0.368 e. The fraction of sp³-hybridized carbons (Fsp3) is 0.333. The molecule has 1 atom stereocenters. The summed E-state index contributed by atoms with van der Waals surface area (Å²) in [4.78, 5) is 39.7. The molecule has 0 radical (unpaired) electrons. The lowest BCUT2D eigenvalue weighted by atomic mass is 10.1. The van der Waals surface area contributed by atoms with Gasteiger partial charge in [-0.3, -0.25) is 14.4 Å². The van der Waals surface area contributed by atoms with Gasteiger partial charge < -0.3 is 15.5 Å². The van der Waals surface area contributed by atoms with E-state index in [9.17, 15) is 18.8 Å². The molecule has 2 amide bonds. The average molecular weight is 373 g/mol. The minimum Gasteiger partial charge on any atom is -0.368 e. The first-order valence-electron chi connectivity index (χ1n) is 8.49. The average Bonchev–Trinajstić information content (AvgIpc) is 2.64. The fourth-order valence-corrected chi connectivity index (χ4v) is 3.09. The summed E-state index contributed by atoms with van der Waals surface area (Å²) >= 11 is 0. The van der Waals surface area contributed by atoms with Gasteiger partial charge in [-0.2, -0.15) is 5.10 Å². The summed E-state index contributed by atoms with van der Waals surface area (Å²) < 4.78 is 14.2. The van der Waals surface area contributed by atoms with Gasteiger partial charge in [0.1, 0.15) is 18.4 Å². The Hall–Kier alpha value is -3.23. The Kier molecular flexibility index (Phi) is 5.20. The van der Waals surface area contributed by atoms with E-state index in [0.29, 0.717) is 12.2 Å². The molecule has 0 aliphatic carbocycles. The Morgan fingerprint density at radius 3 is 2.56 bits per heavy atom. The van der Waals surface area contributed by atoms with Crippen LogP contribution in [0.3, 0.4) is 0 Å². The number of hydrogen-bond donors (Lipinski definition) is 1. The number of amides is 2. The highest BCUT2D eigenvalue weighted by Crippen LogP contribution is 2.20. The van der Waals surface area contributed by atoms with Gasteiger partial charge in [0.25, 0.3) is 5.56 Å². The van der Waals surface area contributed by atoms with Crippen LogP contribution < -0.4 is 16.2 Å². The molecule has 1 aromatic heterocycles. The van der Waals surface area contributed by atoms with E-state index in [1.54, 1.807) is 25.1 Å². The van der Waals surface area contributed by atoms with Crippen molar-refractivity contribution in [3.05, 3.63) is 58.3 Å². The van der Waals surface area contributed by atoms with Crippen LogP contribution in [0.1, 0.15) is 5.69 Å². The van der Waals surface area contributed by atoms with E-state index in [1.165, 1.54) is 23.1 Å². The van der Waals surface area contributed by atoms with Crippen LogP contribution in [0.2, 0.25) is 0 Å². The lowest BCUT2D eigenvalue weighted by molar-refractivity contribution is -0.140. The minimum absolute atomic E-state index is 0.197. The van der Waals surface area contributed by atoms with Crippen molar-refractivity contribution in [1.82, 2.24) is 14.7 Å². The SMILES string of the molecule is Cc1ccc(=O)n(CC(=O)N2CCN(c3ccc(F)cc3)CC2C(N)=O)n1. The number of nitrogens with two attached hydrogens (primary N) is 1. The van der Waals surface area contributed by atoms with Crippen molar-refractivity contribution in [2.24, 2.45) is 5.73 Å². The van der Waals surface area contributed by atoms with Crippen molar-refractivity contribution >= 4 is 17.5 Å². The molecule has 8 nitrogen and oxygen atoms in total. The summed E-state index contributed by atoms with van der Waals surface area (Å²) in [7, 11) is 0. The van der Waals surface area contributed by atoms with Gasteiger partial charge in [0.2, 0.25) is 11.8 Å². The van der Waals surface area contributed by atoms with Crippen molar-refractivity contribution in [3.8, 4) is 0 Å². The molecular formula is C18H20FN5O3. The monoisotopic (exact) mass is 373 g/mol. The summed E-state index contributed by atoms with van der Waals surface area (Å²) in [6, 6.07) is 7.95. The zero-order valence-corrected chi connectivity index (χ0v) is 14.8. The number of carbonyl (C=O) groups is 2. The number of carbonyl (C=O) groups excluding carboxylic acids is 2. The highest BCUT2D eigenvalue weighted by Gasteiger charge is 2.34. The molecule has 142 valence electrons. The number of hydrogen-bond acceptors (Lipinski definition) is 5. The molecule has 3 rings (SSSR count). The first-order valence-corrected chi connectivity index (χ1v) is 8.49. The van der Waals surface area contributed by atoms with Crippen molar-refractivity contribution in [2.75, 3.05) is 24.5 Å². The van der Waals surface area contributed by atoms with Crippen LogP contribution in [0.25, 0.3) is 0 Å². The van der Waals surface area contributed by atoms with Gasteiger partial charge in [-0.1, -0.05) is 0 Å². The van der Waals surface area contributed by atoms with Crippen LogP contribution in [-0.4, -0.2) is 52.2 Å². The summed E-state index contributed by atoms with van der Waals surface area (Å²) in [5, 5.41) is 4.04. The number of primary amides is 1. The summed E-state index contributed by atoms with van der Waals surface area (Å²) in [6.45, 7) is 2.36. The zero-order chi connectivity index (χ0) is 19.6. The molecule has 2 aromatic rings. The summed E-state index contributed by atoms with van der Waals surface area (Å²) in [5.74, 6) is -1.40. The highest BCUT2D eigenvalue weighted by molar-refractivity contribution is 5.87. The lowest BCUT2D eigenvalue weighted by Gasteiger charge is -2.41. The second-order valence-corrected chi connectivity index (χ2v) is 6.40. The first-order chi connectivity index (χ1) is 12.8. The molecule has 1 aliphatic heterocycles. The maximum Gasteiger partial charge on any atom is 0.267 e. The Bertz CT molecular complexity index is 912. The third-order valence-corrected chi connectivity index (χ3v) is 4.51. The van der Waals surface area contributed by atoms with Crippen LogP contribution in [0, 0.1) is 12.7 Å². The number of rotatable bonds is 4. The molecule has 27 heavy (non-hydrogen) atoms. The second kappa shape index (κ2) is 7.56. The van der Waals surface area contributed by atoms with Crippen LogP contribution in [0.15, 0.2) is 41.2 Å². The van der Waals surface area contributed by atoms with E-state index in [-0.39, 0.29) is 25.5 Å². The van der Waals surface area contributed by atoms with E-state index in [0.717, 1.165) is 10.4 Å². The van der Waals surface area contributed by atoms with E-state index < -0.39 is 23.4 Å². The van der Waals surface area contributed by atoms with Crippen LogP contribution >= 0.6 is 0 Å². The third kappa shape index (κ3) is 4.13. The van der Waals surface area contributed by atoms with E-state index in [1.807, 2.05) is 4.90 Å². The number of anilines is 1. The molecular weight excluding hydrogens is 353 g/mol. The molecule has 1 fully saturated rings. The zero-order valence-electron chi connectivity index (χ0n) is 14.8. The molecule has 0 saturated carbocycles. The molecule has 9 heteroatoms. The molecule has 1 unspecified atom stereocenters. The van der Waals surface area contributed by atoms with E-state index >= 15 is 0 Å². The normalized spacial score (nSPS) is 17.0. The Balaban J connectivity index is 1.76. The second-order valence-electron chi connectivity index (χ2n) is 6.40. The number of aryl methyl sites for hydroxylation is 1. The summed E-state index contributed by atoms with van der Waals surface area (Å²) in [5.41, 5.74) is 6.46. The quantitative estimate of drug-likeness (QED) is 0.806. The molecule has 2 N–H and O–H groups in total. The van der Waals surface area contributed by atoms with E-state index in [4.69, 9.17) is 5.73 Å². The number of nitrogens with zero attached hydrogens (tertiary/aromatic N) is 4. The molecule has 0 bridgehead atoms. The number of benzene rings is 1. The standard InChI is InChI=1S/C18H20FN5O3/c1-12-2-7-16(25)24(21-12)11-17(26)23-9-8-22(10-15(23)18(20)27)14-5-3-13(19)4-6-14/h2-7,15H,8-11H2,1H3,(H2,20,27).